The van der Waals surface area contributed by atoms with Crippen LogP contribution < -0.4 is 0 Å². The van der Waals surface area contributed by atoms with Crippen LogP contribution in [0.15, 0.2) is 12.2 Å². The zero-order valence-corrected chi connectivity index (χ0v) is 19.0. The highest BCUT2D eigenvalue weighted by molar-refractivity contribution is 5.12. The molecule has 0 saturated heterocycles. The maximum atomic E-state index is 2.74. The lowest BCUT2D eigenvalue weighted by atomic mass is 9.45. The summed E-state index contributed by atoms with van der Waals surface area (Å²) >= 11 is 0. The van der Waals surface area contributed by atoms with Crippen molar-refractivity contribution in [2.45, 2.75) is 105 Å². The van der Waals surface area contributed by atoms with Crippen molar-refractivity contribution in [1.29, 1.82) is 0 Å². The minimum atomic E-state index is 0.625. The first kappa shape index (κ1) is 20.0. The van der Waals surface area contributed by atoms with Gasteiger partial charge in [0.1, 0.15) is 0 Å². The van der Waals surface area contributed by atoms with E-state index in [1.807, 2.05) is 0 Å². The Morgan fingerprint density at radius 1 is 0.852 bits per heavy atom. The molecule has 27 heavy (non-hydrogen) atoms. The fourth-order valence-corrected chi connectivity index (χ4v) is 8.86. The number of hydrogen-bond acceptors (Lipinski definition) is 0. The highest BCUT2D eigenvalue weighted by Gasteiger charge is 2.59. The van der Waals surface area contributed by atoms with Crippen LogP contribution in [-0.2, 0) is 0 Å². The normalized spacial score (nSPS) is 47.4. The van der Waals surface area contributed by atoms with Gasteiger partial charge >= 0.3 is 0 Å². The van der Waals surface area contributed by atoms with Gasteiger partial charge < -0.3 is 0 Å². The van der Waals surface area contributed by atoms with Crippen molar-refractivity contribution < 1.29 is 0 Å². The maximum absolute atomic E-state index is 2.74. The third-order valence-corrected chi connectivity index (χ3v) is 10.4. The highest BCUT2D eigenvalue weighted by Crippen LogP contribution is 2.68. The summed E-state index contributed by atoms with van der Waals surface area (Å²) in [5, 5.41) is 0. The maximum Gasteiger partial charge on any atom is -0.0229 e. The van der Waals surface area contributed by atoms with Gasteiger partial charge in [0, 0.05) is 0 Å². The van der Waals surface area contributed by atoms with Gasteiger partial charge in [-0.2, -0.15) is 0 Å². The highest BCUT2D eigenvalue weighted by atomic mass is 14.6. The van der Waals surface area contributed by atoms with Crippen LogP contribution in [0.3, 0.4) is 0 Å². The zero-order valence-electron chi connectivity index (χ0n) is 19.0. The number of allylic oxidation sites excluding steroid dienone is 2. The molecule has 8 atom stereocenters. The molecule has 0 amide bonds. The molecule has 0 heteroatoms. The van der Waals surface area contributed by atoms with Gasteiger partial charge in [-0.05, 0) is 104 Å². The zero-order chi connectivity index (χ0) is 19.2. The van der Waals surface area contributed by atoms with Crippen molar-refractivity contribution in [2.75, 3.05) is 0 Å². The summed E-state index contributed by atoms with van der Waals surface area (Å²) in [6.07, 6.45) is 21.3. The SMILES string of the molecule is CC(C)CCC[C@@H](C)[C@@H]1CC[C@@H]2[C@@H]3CC[C@H]4CC=CC[C@]4(C)[C@H]3CC[C@@]21C. The molecule has 0 unspecified atom stereocenters. The van der Waals surface area contributed by atoms with Gasteiger partial charge in [0.25, 0.3) is 0 Å². The quantitative estimate of drug-likeness (QED) is 0.427. The van der Waals surface area contributed by atoms with Gasteiger partial charge in [-0.25, -0.2) is 0 Å². The minimum Gasteiger partial charge on any atom is -0.0882 e. The largest absolute Gasteiger partial charge is 0.0882 e. The van der Waals surface area contributed by atoms with Gasteiger partial charge in [0.2, 0.25) is 0 Å². The Bertz CT molecular complexity index is 544. The van der Waals surface area contributed by atoms with E-state index >= 15 is 0 Å². The molecule has 0 bridgehead atoms. The minimum absolute atomic E-state index is 0.625. The molecule has 3 fully saturated rings. The Hall–Kier alpha value is -0.260. The van der Waals surface area contributed by atoms with Crippen LogP contribution in [0, 0.1) is 52.3 Å². The molecule has 0 spiro atoms. The fourth-order valence-electron chi connectivity index (χ4n) is 8.86. The molecule has 0 aromatic carbocycles. The molecule has 4 aliphatic rings. The summed E-state index contributed by atoms with van der Waals surface area (Å²) in [5.74, 6) is 6.92. The second-order valence-corrected chi connectivity index (χ2v) is 12.1. The monoisotopic (exact) mass is 370 g/mol. The smallest absolute Gasteiger partial charge is 0.0229 e. The van der Waals surface area contributed by atoms with Crippen molar-refractivity contribution in [3.8, 4) is 0 Å². The summed E-state index contributed by atoms with van der Waals surface area (Å²) in [7, 11) is 0. The molecule has 154 valence electrons. The van der Waals surface area contributed by atoms with Gasteiger partial charge in [-0.3, -0.25) is 0 Å². The Morgan fingerprint density at radius 2 is 1.63 bits per heavy atom. The lowest BCUT2D eigenvalue weighted by Gasteiger charge is -2.60. The first-order valence-corrected chi connectivity index (χ1v) is 12.5. The van der Waals surface area contributed by atoms with Crippen LogP contribution in [0.4, 0.5) is 0 Å². The van der Waals surface area contributed by atoms with Crippen LogP contribution in [-0.4, -0.2) is 0 Å². The van der Waals surface area contributed by atoms with E-state index in [0.29, 0.717) is 10.8 Å². The molecule has 0 heterocycles. The first-order chi connectivity index (χ1) is 12.9. The van der Waals surface area contributed by atoms with E-state index in [-0.39, 0.29) is 0 Å². The molecular formula is C27H46. The van der Waals surface area contributed by atoms with Crippen LogP contribution in [0.25, 0.3) is 0 Å². The number of hydrogen-bond donors (Lipinski definition) is 0. The van der Waals surface area contributed by atoms with Crippen molar-refractivity contribution in [1.82, 2.24) is 0 Å². The Morgan fingerprint density at radius 3 is 2.41 bits per heavy atom. The average Bonchev–Trinajstić information content (AvgIpc) is 2.98. The topological polar surface area (TPSA) is 0 Å². The van der Waals surface area contributed by atoms with Gasteiger partial charge in [0.15, 0.2) is 0 Å². The lowest BCUT2D eigenvalue weighted by molar-refractivity contribution is -0.101. The fraction of sp³-hybridized carbons (Fsp3) is 0.926. The van der Waals surface area contributed by atoms with E-state index in [9.17, 15) is 0 Å². The van der Waals surface area contributed by atoms with Gasteiger partial charge in [-0.15, -0.1) is 0 Å². The summed E-state index contributed by atoms with van der Waals surface area (Å²) in [5.41, 5.74) is 1.28. The van der Waals surface area contributed by atoms with Crippen molar-refractivity contribution in [3.63, 3.8) is 0 Å². The molecule has 0 radical (unpaired) electrons. The summed E-state index contributed by atoms with van der Waals surface area (Å²) < 4.78 is 0. The third-order valence-electron chi connectivity index (χ3n) is 10.4. The molecule has 4 rings (SSSR count). The van der Waals surface area contributed by atoms with Crippen LogP contribution in [0.5, 0.6) is 0 Å². The second-order valence-electron chi connectivity index (χ2n) is 12.1. The van der Waals surface area contributed by atoms with E-state index in [1.54, 1.807) is 12.8 Å². The molecule has 0 nitrogen and oxygen atoms in total. The number of fused-ring (bicyclic) bond motifs is 5. The van der Waals surface area contributed by atoms with Crippen LogP contribution in [0.2, 0.25) is 0 Å². The van der Waals surface area contributed by atoms with E-state index in [4.69, 9.17) is 0 Å². The van der Waals surface area contributed by atoms with Crippen molar-refractivity contribution in [3.05, 3.63) is 12.2 Å². The summed E-state index contributed by atoms with van der Waals surface area (Å²) in [6, 6.07) is 0. The number of rotatable bonds is 5. The summed E-state index contributed by atoms with van der Waals surface area (Å²) in [4.78, 5) is 0. The third kappa shape index (κ3) is 3.36. The second kappa shape index (κ2) is 7.53. The van der Waals surface area contributed by atoms with Crippen LogP contribution >= 0.6 is 0 Å². The predicted octanol–water partition coefficient (Wildman–Crippen LogP) is 8.27. The molecular weight excluding hydrogens is 324 g/mol. The van der Waals surface area contributed by atoms with Crippen molar-refractivity contribution in [2.24, 2.45) is 52.3 Å². The van der Waals surface area contributed by atoms with Crippen LogP contribution in [0.1, 0.15) is 105 Å². The Labute approximate surface area is 170 Å². The van der Waals surface area contributed by atoms with Gasteiger partial charge in [0.05, 0.1) is 0 Å². The summed E-state index contributed by atoms with van der Waals surface area (Å²) in [6.45, 7) is 12.8. The Kier molecular flexibility index (Phi) is 5.59. The standard InChI is InChI=1S/C27H46/c1-19(2)9-8-10-20(3)23-14-15-24-22-13-12-21-11-6-7-17-26(21,4)25(22)16-18-27(23,24)5/h6-7,19-25H,8-18H2,1-5H3/t20-,21-,22+,23+,24-,25+,26+,27-/m1/s1. The molecule has 0 N–H and O–H groups in total. The molecule has 0 aliphatic heterocycles. The first-order valence-electron chi connectivity index (χ1n) is 12.5. The van der Waals surface area contributed by atoms with Gasteiger partial charge in [-0.1, -0.05) is 66.0 Å². The molecule has 0 aromatic rings. The van der Waals surface area contributed by atoms with E-state index in [0.717, 1.165) is 41.4 Å². The predicted molar refractivity (Wildman–Crippen MR) is 118 cm³/mol. The average molecular weight is 371 g/mol. The lowest BCUT2D eigenvalue weighted by Crippen LogP contribution is -2.52. The Balaban J connectivity index is 1.47. The molecule has 3 saturated carbocycles. The molecule has 0 aromatic heterocycles. The van der Waals surface area contributed by atoms with Crippen molar-refractivity contribution >= 4 is 0 Å². The molecule has 4 aliphatic carbocycles. The van der Waals surface area contributed by atoms with E-state index in [2.05, 4.69) is 46.8 Å². The van der Waals surface area contributed by atoms with E-state index in [1.165, 1.54) is 57.8 Å². The van der Waals surface area contributed by atoms with E-state index < -0.39 is 0 Å².